The van der Waals surface area contributed by atoms with Crippen molar-refractivity contribution >= 4 is 0 Å². The van der Waals surface area contributed by atoms with Gasteiger partial charge in [0.2, 0.25) is 0 Å². The Labute approximate surface area is 205 Å². The van der Waals surface area contributed by atoms with Crippen LogP contribution in [0.15, 0.2) is 73.3 Å². The molecule has 0 amide bonds. The first kappa shape index (κ1) is 34.1. The maximum atomic E-state index is 10.4. The monoisotopic (exact) mass is 560 g/mol. The van der Waals surface area contributed by atoms with Gasteiger partial charge in [-0.25, -0.2) is 0 Å². The number of halogens is 1. The van der Waals surface area contributed by atoms with Crippen LogP contribution < -0.4 is 17.0 Å². The van der Waals surface area contributed by atoms with Gasteiger partial charge in [0.1, 0.15) is 11.4 Å². The molecule has 0 unspecified atom stereocenters. The first-order valence-electron chi connectivity index (χ1n) is 8.36. The van der Waals surface area contributed by atoms with Gasteiger partial charge >= 0.3 is 17.1 Å². The van der Waals surface area contributed by atoms with Gasteiger partial charge in [0.15, 0.2) is 0 Å². The van der Waals surface area contributed by atoms with Gasteiger partial charge in [-0.15, -0.1) is 0 Å². The molecular weight excluding hydrogens is 536 g/mol. The summed E-state index contributed by atoms with van der Waals surface area (Å²) in [7, 11) is 0. The summed E-state index contributed by atoms with van der Waals surface area (Å²) in [5, 5.41) is 19.3. The molecule has 13 heteroatoms. The topological polar surface area (TPSA) is 208 Å². The van der Waals surface area contributed by atoms with E-state index in [2.05, 4.69) is 20.2 Å². The quantitative estimate of drug-likeness (QED) is 0.232. The van der Waals surface area contributed by atoms with Gasteiger partial charge in [0.25, 0.3) is 0 Å². The van der Waals surface area contributed by atoms with Crippen LogP contribution in [-0.4, -0.2) is 62.6 Å². The second-order valence-corrected chi connectivity index (χ2v) is 5.93. The molecule has 180 valence electrons. The van der Waals surface area contributed by atoms with Crippen LogP contribution in [0.5, 0.6) is 0 Å². The number of pyridine rings is 2. The van der Waals surface area contributed by atoms with Crippen LogP contribution in [-0.2, 0) is 30.2 Å². The summed E-state index contributed by atoms with van der Waals surface area (Å²) < 4.78 is 3.44. The van der Waals surface area contributed by atoms with Gasteiger partial charge in [-0.2, -0.15) is 10.2 Å². The van der Waals surface area contributed by atoms with E-state index in [1.54, 1.807) is 21.8 Å². The summed E-state index contributed by atoms with van der Waals surface area (Å²) in [4.78, 5) is 8.56. The van der Waals surface area contributed by atoms with E-state index >= 15 is 0 Å². The average molecular weight is 562 g/mol. The zero-order valence-electron chi connectivity index (χ0n) is 16.7. The molecule has 0 saturated carbocycles. The van der Waals surface area contributed by atoms with Gasteiger partial charge in [-0.05, 0) is 36.4 Å². The number of aromatic nitrogens is 6. The summed E-state index contributed by atoms with van der Waals surface area (Å²) in [6.07, 6.45) is 6.55. The van der Waals surface area contributed by atoms with Crippen molar-refractivity contribution in [2.75, 3.05) is 0 Å². The van der Waals surface area contributed by atoms with Crippen molar-refractivity contribution in [3.05, 3.63) is 73.3 Å². The summed E-state index contributed by atoms with van der Waals surface area (Å²) >= 11 is 0. The fourth-order valence-corrected chi connectivity index (χ4v) is 2.72. The number of aliphatic hydroxyl groups excluding tert-OH is 1. The van der Waals surface area contributed by atoms with Gasteiger partial charge in [-0.1, -0.05) is 12.1 Å². The number of hydrogen-bond acceptors (Lipinski definition) is 5. The van der Waals surface area contributed by atoms with Crippen LogP contribution in [0.3, 0.4) is 0 Å². The molecule has 4 heterocycles. The molecular formula is C19H26BrCuN6O5. The van der Waals surface area contributed by atoms with E-state index in [1.165, 1.54) is 0 Å². The van der Waals surface area contributed by atoms with E-state index in [0.29, 0.717) is 13.1 Å². The third-order valence-electron chi connectivity index (χ3n) is 3.93. The van der Waals surface area contributed by atoms with E-state index in [0.717, 1.165) is 22.8 Å². The van der Waals surface area contributed by atoms with Crippen LogP contribution in [0, 0.1) is 0 Å². The summed E-state index contributed by atoms with van der Waals surface area (Å²) in [6.45, 7) is 0.761. The van der Waals surface area contributed by atoms with E-state index in [-0.39, 0.29) is 56.0 Å². The van der Waals surface area contributed by atoms with E-state index < -0.39 is 6.10 Å². The Balaban J connectivity index is -0.00000140. The van der Waals surface area contributed by atoms with Gasteiger partial charge in [0.05, 0.1) is 30.6 Å². The van der Waals surface area contributed by atoms with Crippen molar-refractivity contribution in [2.45, 2.75) is 19.2 Å². The first-order chi connectivity index (χ1) is 12.8. The van der Waals surface area contributed by atoms with Gasteiger partial charge in [0, 0.05) is 24.8 Å². The van der Waals surface area contributed by atoms with Crippen molar-refractivity contribution in [3.63, 3.8) is 0 Å². The summed E-state index contributed by atoms with van der Waals surface area (Å²) in [5.74, 6) is 0. The number of nitrogens with zero attached hydrogens (tertiary/aromatic N) is 6. The smallest absolute Gasteiger partial charge is 1.00 e. The molecule has 0 aromatic carbocycles. The van der Waals surface area contributed by atoms with Gasteiger partial charge in [-0.3, -0.25) is 19.3 Å². The number of hydrogen-bond donors (Lipinski definition) is 1. The van der Waals surface area contributed by atoms with E-state index in [9.17, 15) is 5.11 Å². The Morgan fingerprint density at radius 3 is 1.41 bits per heavy atom. The molecule has 0 atom stereocenters. The van der Waals surface area contributed by atoms with Crippen LogP contribution in [0.1, 0.15) is 0 Å². The molecule has 0 saturated heterocycles. The van der Waals surface area contributed by atoms with Crippen molar-refractivity contribution < 1.29 is 61.1 Å². The SMILES string of the molecule is O.O.O.O.OC(Cn1ccc(-c2ccccn2)n1)Cn1ccc(-c2ccccn2)n1.[Br-].[Cu+]. The van der Waals surface area contributed by atoms with Crippen LogP contribution >= 0.6 is 0 Å². The maximum absolute atomic E-state index is 10.4. The third kappa shape index (κ3) is 8.57. The Bertz CT molecular complexity index is 910. The molecule has 0 fully saturated rings. The molecule has 9 N–H and O–H groups in total. The van der Waals surface area contributed by atoms with E-state index in [4.69, 9.17) is 0 Å². The van der Waals surface area contributed by atoms with Crippen LogP contribution in [0.2, 0.25) is 0 Å². The predicted molar refractivity (Wildman–Crippen MR) is 111 cm³/mol. The molecule has 4 aromatic rings. The maximum Gasteiger partial charge on any atom is 1.00 e. The molecule has 4 aromatic heterocycles. The second kappa shape index (κ2) is 16.2. The summed E-state index contributed by atoms with van der Waals surface area (Å²) in [6, 6.07) is 15.2. The first-order valence-corrected chi connectivity index (χ1v) is 8.36. The van der Waals surface area contributed by atoms with Crippen LogP contribution in [0.4, 0.5) is 0 Å². The number of rotatable bonds is 6. The molecule has 11 nitrogen and oxygen atoms in total. The molecule has 0 aliphatic heterocycles. The molecule has 4 rings (SSSR count). The average Bonchev–Trinajstić information content (AvgIpc) is 3.33. The Morgan fingerprint density at radius 1 is 0.656 bits per heavy atom. The summed E-state index contributed by atoms with van der Waals surface area (Å²) in [5.41, 5.74) is 3.20. The fraction of sp³-hybridized carbons (Fsp3) is 0.158. The minimum atomic E-state index is -0.608. The molecule has 0 bridgehead atoms. The van der Waals surface area contributed by atoms with E-state index in [1.807, 2.05) is 60.9 Å². The van der Waals surface area contributed by atoms with Crippen LogP contribution in [0.25, 0.3) is 22.8 Å². The Kier molecular flexibility index (Phi) is 17.3. The molecule has 0 aliphatic rings. The number of aliphatic hydroxyl groups is 1. The zero-order valence-corrected chi connectivity index (χ0v) is 19.3. The van der Waals surface area contributed by atoms with Crippen molar-refractivity contribution in [1.82, 2.24) is 29.5 Å². The fourth-order valence-electron chi connectivity index (χ4n) is 2.72. The minimum absolute atomic E-state index is 0. The predicted octanol–water partition coefficient (Wildman–Crippen LogP) is -4.03. The second-order valence-electron chi connectivity index (χ2n) is 5.93. The largest absolute Gasteiger partial charge is 1.00 e. The molecule has 0 aliphatic carbocycles. The molecule has 0 spiro atoms. The Hall–Kier alpha value is -2.48. The molecule has 32 heavy (non-hydrogen) atoms. The minimum Gasteiger partial charge on any atom is -1.00 e. The third-order valence-corrected chi connectivity index (χ3v) is 3.93. The molecule has 0 radical (unpaired) electrons. The zero-order chi connectivity index (χ0) is 17.8. The van der Waals surface area contributed by atoms with Gasteiger partial charge < -0.3 is 44.0 Å². The standard InChI is InChI=1S/C19H18N6O.BrH.Cu.4H2O/c26-15(13-24-11-7-18(22-24)16-5-1-3-9-20-16)14-25-12-8-19(23-25)17-6-2-4-10-21-17;;;;;;/h1-12,15,26H,13-14H2;1H;;4*1H2/q;;+1;;;;/p-1. The van der Waals surface area contributed by atoms with Crippen molar-refractivity contribution in [3.8, 4) is 22.8 Å². The Morgan fingerprint density at radius 2 is 1.06 bits per heavy atom. The van der Waals surface area contributed by atoms with Crippen molar-refractivity contribution in [1.29, 1.82) is 0 Å². The normalized spacial score (nSPS) is 9.06. The van der Waals surface area contributed by atoms with Crippen molar-refractivity contribution in [2.24, 2.45) is 0 Å².